The molecule has 8 heteroatoms. The van der Waals surface area contributed by atoms with Gasteiger partial charge in [-0.15, -0.1) is 0 Å². The average molecular weight is 461 g/mol. The normalized spacial score (nSPS) is 14.6. The summed E-state index contributed by atoms with van der Waals surface area (Å²) in [6.07, 6.45) is 1.14. The van der Waals surface area contributed by atoms with Gasteiger partial charge in [-0.25, -0.2) is 9.59 Å². The summed E-state index contributed by atoms with van der Waals surface area (Å²) in [5, 5.41) is 3.38. The van der Waals surface area contributed by atoms with Crippen molar-refractivity contribution in [2.24, 2.45) is 0 Å². The molecule has 7 nitrogen and oxygen atoms in total. The highest BCUT2D eigenvalue weighted by Crippen LogP contribution is 2.34. The fraction of sp³-hybridized carbons (Fsp3) is 0.417. The van der Waals surface area contributed by atoms with Crippen LogP contribution in [0.25, 0.3) is 0 Å². The fourth-order valence-corrected chi connectivity index (χ4v) is 3.65. The average Bonchev–Trinajstić information content (AvgIpc) is 2.74. The van der Waals surface area contributed by atoms with Gasteiger partial charge in [0.2, 0.25) is 0 Å². The Hall–Kier alpha value is -2.93. The second-order valence-electron chi connectivity index (χ2n) is 8.61. The monoisotopic (exact) mass is 460 g/mol. The van der Waals surface area contributed by atoms with Crippen molar-refractivity contribution < 1.29 is 23.8 Å². The lowest BCUT2D eigenvalue weighted by Crippen LogP contribution is -2.46. The molecule has 0 saturated carbocycles. The third-order valence-electron chi connectivity index (χ3n) is 5.01. The van der Waals surface area contributed by atoms with Gasteiger partial charge in [-0.1, -0.05) is 23.7 Å². The maximum atomic E-state index is 12.4. The highest BCUT2D eigenvalue weighted by Gasteiger charge is 2.25. The topological polar surface area (TPSA) is 77.1 Å². The number of halogens is 1. The van der Waals surface area contributed by atoms with Crippen molar-refractivity contribution in [2.45, 2.75) is 45.3 Å². The summed E-state index contributed by atoms with van der Waals surface area (Å²) in [7, 11) is 1.34. The number of hydrogen-bond donors (Lipinski definition) is 1. The summed E-state index contributed by atoms with van der Waals surface area (Å²) in [6, 6.07) is 12.5. The number of hydrogen-bond acceptors (Lipinski definition) is 6. The van der Waals surface area contributed by atoms with Gasteiger partial charge in [0.25, 0.3) is 0 Å². The molecule has 1 aliphatic heterocycles. The molecule has 0 radical (unpaired) electrons. The lowest BCUT2D eigenvalue weighted by Gasteiger charge is -2.34. The Morgan fingerprint density at radius 2 is 1.75 bits per heavy atom. The van der Waals surface area contributed by atoms with Gasteiger partial charge in [0.1, 0.15) is 22.7 Å². The highest BCUT2D eigenvalue weighted by atomic mass is 35.5. The first-order valence-electron chi connectivity index (χ1n) is 10.6. The summed E-state index contributed by atoms with van der Waals surface area (Å²) >= 11 is 6.19. The Morgan fingerprint density at radius 1 is 1.06 bits per heavy atom. The molecule has 2 aromatic rings. The van der Waals surface area contributed by atoms with E-state index in [1.807, 2.05) is 32.9 Å². The fourth-order valence-electron chi connectivity index (χ4n) is 3.48. The van der Waals surface area contributed by atoms with Crippen molar-refractivity contribution in [1.29, 1.82) is 0 Å². The summed E-state index contributed by atoms with van der Waals surface area (Å²) in [6.45, 7) is 6.98. The highest BCUT2D eigenvalue weighted by molar-refractivity contribution is 6.32. The van der Waals surface area contributed by atoms with Crippen LogP contribution in [0.5, 0.6) is 11.5 Å². The molecular weight excluding hydrogens is 432 g/mol. The van der Waals surface area contributed by atoms with Gasteiger partial charge in [0, 0.05) is 24.8 Å². The molecule has 0 aromatic heterocycles. The van der Waals surface area contributed by atoms with E-state index < -0.39 is 17.7 Å². The van der Waals surface area contributed by atoms with Crippen molar-refractivity contribution in [1.82, 2.24) is 5.32 Å². The zero-order valence-electron chi connectivity index (χ0n) is 18.8. The number of nitrogens with one attached hydrogen (secondary N) is 1. The third-order valence-corrected chi connectivity index (χ3v) is 5.32. The molecule has 0 aliphatic carbocycles. The molecule has 1 aliphatic rings. The van der Waals surface area contributed by atoms with Crippen LogP contribution >= 0.6 is 11.6 Å². The molecule has 1 amide bonds. The van der Waals surface area contributed by atoms with Crippen LogP contribution in [0, 0.1) is 0 Å². The molecule has 0 atom stereocenters. The van der Waals surface area contributed by atoms with E-state index in [0.29, 0.717) is 22.1 Å². The van der Waals surface area contributed by atoms with Crippen LogP contribution in [-0.2, 0) is 9.47 Å². The first-order chi connectivity index (χ1) is 15.2. The number of piperidine rings is 1. The number of amides is 1. The predicted octanol–water partition coefficient (Wildman–Crippen LogP) is 5.41. The van der Waals surface area contributed by atoms with E-state index in [2.05, 4.69) is 10.2 Å². The molecule has 1 heterocycles. The number of ether oxygens (including phenoxy) is 3. The Kier molecular flexibility index (Phi) is 7.51. The molecule has 1 N–H and O–H groups in total. The van der Waals surface area contributed by atoms with Crippen LogP contribution in [0.1, 0.15) is 44.0 Å². The Bertz CT molecular complexity index is 965. The SMILES string of the molecule is COC(=O)c1cc(N2CCC(NC(=O)OC(C)(C)C)CC2)ccc1Oc1ccccc1Cl. The van der Waals surface area contributed by atoms with Crippen molar-refractivity contribution in [3.05, 3.63) is 53.1 Å². The first kappa shape index (κ1) is 23.7. The number of carbonyl (C=O) groups is 2. The van der Waals surface area contributed by atoms with Crippen molar-refractivity contribution in [2.75, 3.05) is 25.1 Å². The molecule has 3 rings (SSSR count). The minimum atomic E-state index is -0.525. The molecule has 1 fully saturated rings. The number of alkyl carbamates (subject to hydrolysis) is 1. The molecule has 1 saturated heterocycles. The van der Waals surface area contributed by atoms with Crippen molar-refractivity contribution in [3.63, 3.8) is 0 Å². The lowest BCUT2D eigenvalue weighted by atomic mass is 10.0. The number of carbonyl (C=O) groups excluding carboxylic acids is 2. The molecular formula is C24H29ClN2O5. The van der Waals surface area contributed by atoms with Gasteiger partial charge in [0.05, 0.1) is 12.1 Å². The zero-order chi connectivity index (χ0) is 23.3. The van der Waals surface area contributed by atoms with Crippen LogP contribution in [-0.4, -0.2) is 43.9 Å². The minimum Gasteiger partial charge on any atom is -0.465 e. The minimum absolute atomic E-state index is 0.0454. The molecule has 0 unspecified atom stereocenters. The van der Waals surface area contributed by atoms with E-state index in [9.17, 15) is 9.59 Å². The molecule has 172 valence electrons. The number of methoxy groups -OCH3 is 1. The number of rotatable bonds is 5. The van der Waals surface area contributed by atoms with Gasteiger partial charge in [-0.05, 0) is 63.9 Å². The maximum absolute atomic E-state index is 12.4. The predicted molar refractivity (Wildman–Crippen MR) is 124 cm³/mol. The largest absolute Gasteiger partial charge is 0.465 e. The van der Waals surface area contributed by atoms with Crippen LogP contribution in [0.15, 0.2) is 42.5 Å². The van der Waals surface area contributed by atoms with E-state index in [1.54, 1.807) is 30.3 Å². The summed E-state index contributed by atoms with van der Waals surface area (Å²) in [5.74, 6) is 0.340. The second kappa shape index (κ2) is 10.1. The van der Waals surface area contributed by atoms with Gasteiger partial charge in [-0.2, -0.15) is 0 Å². The molecule has 32 heavy (non-hydrogen) atoms. The summed E-state index contributed by atoms with van der Waals surface area (Å²) in [4.78, 5) is 26.6. The number of para-hydroxylation sites is 1. The number of nitrogens with zero attached hydrogens (tertiary/aromatic N) is 1. The Balaban J connectivity index is 1.69. The van der Waals surface area contributed by atoms with E-state index in [-0.39, 0.29) is 6.04 Å². The van der Waals surface area contributed by atoms with E-state index in [0.717, 1.165) is 31.6 Å². The number of esters is 1. The van der Waals surface area contributed by atoms with E-state index in [4.69, 9.17) is 25.8 Å². The summed E-state index contributed by atoms with van der Waals surface area (Å²) < 4.78 is 16.2. The maximum Gasteiger partial charge on any atom is 0.407 e. The smallest absolute Gasteiger partial charge is 0.407 e. The standard InChI is InChI=1S/C24H29ClN2O5/c1-24(2,3)32-23(29)26-16-11-13-27(14-12-16)17-9-10-20(18(15-17)22(28)30-4)31-21-8-6-5-7-19(21)25/h5-10,15-16H,11-14H2,1-4H3,(H,26,29). The number of anilines is 1. The van der Waals surface area contributed by atoms with Gasteiger partial charge in [-0.3, -0.25) is 0 Å². The van der Waals surface area contributed by atoms with Crippen LogP contribution < -0.4 is 15.0 Å². The van der Waals surface area contributed by atoms with Gasteiger partial charge >= 0.3 is 12.1 Å². The molecule has 0 spiro atoms. The third kappa shape index (κ3) is 6.29. The van der Waals surface area contributed by atoms with Crippen molar-refractivity contribution >= 4 is 29.4 Å². The Labute approximate surface area is 193 Å². The quantitative estimate of drug-likeness (QED) is 0.601. The van der Waals surface area contributed by atoms with E-state index in [1.165, 1.54) is 7.11 Å². The molecule has 2 aromatic carbocycles. The van der Waals surface area contributed by atoms with Crippen LogP contribution in [0.2, 0.25) is 5.02 Å². The van der Waals surface area contributed by atoms with Crippen LogP contribution in [0.3, 0.4) is 0 Å². The first-order valence-corrected chi connectivity index (χ1v) is 10.9. The van der Waals surface area contributed by atoms with E-state index >= 15 is 0 Å². The zero-order valence-corrected chi connectivity index (χ0v) is 19.6. The molecule has 0 bridgehead atoms. The van der Waals surface area contributed by atoms with Crippen LogP contribution in [0.4, 0.5) is 10.5 Å². The second-order valence-corrected chi connectivity index (χ2v) is 9.02. The van der Waals surface area contributed by atoms with Gasteiger partial charge < -0.3 is 24.4 Å². The Morgan fingerprint density at radius 3 is 2.38 bits per heavy atom. The summed E-state index contributed by atoms with van der Waals surface area (Å²) in [5.41, 5.74) is 0.676. The van der Waals surface area contributed by atoms with Gasteiger partial charge in [0.15, 0.2) is 0 Å². The number of benzene rings is 2. The van der Waals surface area contributed by atoms with Crippen molar-refractivity contribution in [3.8, 4) is 11.5 Å². The lowest BCUT2D eigenvalue weighted by molar-refractivity contribution is 0.0496.